The Labute approximate surface area is 195 Å². The van der Waals surface area contributed by atoms with Crippen LogP contribution in [0.4, 0.5) is 0 Å². The maximum atomic E-state index is 5.41. The van der Waals surface area contributed by atoms with E-state index in [0.717, 1.165) is 82.1 Å². The highest BCUT2D eigenvalue weighted by atomic mass is 127. The van der Waals surface area contributed by atoms with Crippen molar-refractivity contribution in [1.82, 2.24) is 35.3 Å². The molecule has 1 aliphatic rings. The molecular formula is C20H33IN8O. The molecule has 166 valence electrons. The van der Waals surface area contributed by atoms with Crippen molar-refractivity contribution in [1.29, 1.82) is 0 Å². The Kier molecular flexibility index (Phi) is 11.0. The second-order valence-electron chi connectivity index (χ2n) is 7.12. The van der Waals surface area contributed by atoms with Gasteiger partial charge in [0.1, 0.15) is 12.4 Å². The number of nitrogens with one attached hydrogen (secondary N) is 2. The van der Waals surface area contributed by atoms with Gasteiger partial charge in [0.05, 0.1) is 13.2 Å². The van der Waals surface area contributed by atoms with Crippen LogP contribution < -0.4 is 10.6 Å². The number of aryl methyl sites for hydroxylation is 1. The first kappa shape index (κ1) is 24.5. The number of guanidine groups is 1. The number of rotatable bonds is 9. The molecule has 30 heavy (non-hydrogen) atoms. The fraction of sp³-hybridized carbons (Fsp3) is 0.600. The maximum absolute atomic E-state index is 5.41. The first-order valence-corrected chi connectivity index (χ1v) is 10.3. The van der Waals surface area contributed by atoms with E-state index >= 15 is 0 Å². The van der Waals surface area contributed by atoms with E-state index in [2.05, 4.69) is 30.7 Å². The molecule has 0 amide bonds. The third kappa shape index (κ3) is 8.15. The van der Waals surface area contributed by atoms with Gasteiger partial charge >= 0.3 is 0 Å². The maximum Gasteiger partial charge on any atom is 0.191 e. The number of morpholine rings is 1. The van der Waals surface area contributed by atoms with E-state index in [9.17, 15) is 0 Å². The summed E-state index contributed by atoms with van der Waals surface area (Å²) in [5.74, 6) is 2.53. The second kappa shape index (κ2) is 13.5. The molecule has 0 atom stereocenters. The Morgan fingerprint density at radius 3 is 2.67 bits per heavy atom. The molecule has 2 aromatic rings. The average Bonchev–Trinajstić information content (AvgIpc) is 3.08. The van der Waals surface area contributed by atoms with Crippen molar-refractivity contribution in [3.63, 3.8) is 0 Å². The molecule has 0 aliphatic carbocycles. The lowest BCUT2D eigenvalue weighted by Gasteiger charge is -2.26. The number of nitrogens with zero attached hydrogens (tertiary/aromatic N) is 6. The summed E-state index contributed by atoms with van der Waals surface area (Å²) in [5, 5.41) is 15.2. The van der Waals surface area contributed by atoms with Crippen LogP contribution in [0.25, 0.3) is 0 Å². The Morgan fingerprint density at radius 2 is 1.97 bits per heavy atom. The number of aliphatic imine (C=N–C) groups is 1. The standard InChI is InChI=1S/C20H32N8O.HI/c1-17-25-26-19(27(17)2)16-24-20(23-10-7-18-6-3-4-8-21-18)22-9-5-11-28-12-14-29-15-13-28;/h3-4,6,8H,5,7,9-16H2,1-2H3,(H2,22,23,24);1H. The zero-order chi connectivity index (χ0) is 20.3. The number of ether oxygens (including phenoxy) is 1. The largest absolute Gasteiger partial charge is 0.379 e. The molecule has 1 aliphatic heterocycles. The van der Waals surface area contributed by atoms with E-state index in [1.807, 2.05) is 42.9 Å². The van der Waals surface area contributed by atoms with Crippen LogP contribution in [0, 0.1) is 6.92 Å². The Bertz CT molecular complexity index is 761. The minimum absolute atomic E-state index is 0. The van der Waals surface area contributed by atoms with Gasteiger partial charge in [-0.25, -0.2) is 4.99 Å². The summed E-state index contributed by atoms with van der Waals surface area (Å²) < 4.78 is 7.37. The Morgan fingerprint density at radius 1 is 1.17 bits per heavy atom. The summed E-state index contributed by atoms with van der Waals surface area (Å²) in [7, 11) is 1.96. The molecular weight excluding hydrogens is 495 g/mol. The van der Waals surface area contributed by atoms with Crippen LogP contribution in [-0.4, -0.2) is 76.5 Å². The van der Waals surface area contributed by atoms with Crippen LogP contribution in [0.15, 0.2) is 29.4 Å². The molecule has 0 unspecified atom stereocenters. The molecule has 0 saturated carbocycles. The molecule has 10 heteroatoms. The average molecular weight is 528 g/mol. The minimum atomic E-state index is 0. The van der Waals surface area contributed by atoms with Gasteiger partial charge in [0.15, 0.2) is 11.8 Å². The highest BCUT2D eigenvalue weighted by Crippen LogP contribution is 2.00. The summed E-state index contributed by atoms with van der Waals surface area (Å²) in [6, 6.07) is 5.98. The highest BCUT2D eigenvalue weighted by molar-refractivity contribution is 14.0. The van der Waals surface area contributed by atoms with Crippen molar-refractivity contribution in [2.45, 2.75) is 26.3 Å². The second-order valence-corrected chi connectivity index (χ2v) is 7.12. The number of hydrogen-bond acceptors (Lipinski definition) is 6. The summed E-state index contributed by atoms with van der Waals surface area (Å²) in [5.41, 5.74) is 1.07. The summed E-state index contributed by atoms with van der Waals surface area (Å²) in [6.45, 7) is 8.85. The van der Waals surface area contributed by atoms with Crippen LogP contribution in [0.1, 0.15) is 23.8 Å². The smallest absolute Gasteiger partial charge is 0.191 e. The minimum Gasteiger partial charge on any atom is -0.379 e. The zero-order valence-corrected chi connectivity index (χ0v) is 20.2. The number of pyridine rings is 1. The van der Waals surface area contributed by atoms with E-state index in [1.54, 1.807) is 0 Å². The Hall–Kier alpha value is -1.79. The SMILES string of the molecule is Cc1nnc(CN=C(NCCCN2CCOCC2)NCCc2ccccn2)n1C.I. The quantitative estimate of drug-likeness (QED) is 0.218. The van der Waals surface area contributed by atoms with Crippen LogP contribution in [0.2, 0.25) is 0 Å². The van der Waals surface area contributed by atoms with Gasteiger partial charge in [0, 0.05) is 51.5 Å². The van der Waals surface area contributed by atoms with Gasteiger partial charge in [0.2, 0.25) is 0 Å². The molecule has 0 radical (unpaired) electrons. The molecule has 9 nitrogen and oxygen atoms in total. The Balaban J connectivity index is 0.00000320. The molecule has 2 aromatic heterocycles. The summed E-state index contributed by atoms with van der Waals surface area (Å²) in [4.78, 5) is 11.5. The molecule has 3 heterocycles. The van der Waals surface area contributed by atoms with E-state index < -0.39 is 0 Å². The number of halogens is 1. The van der Waals surface area contributed by atoms with Crippen LogP contribution in [-0.2, 0) is 24.8 Å². The monoisotopic (exact) mass is 528 g/mol. The molecule has 1 fully saturated rings. The van der Waals surface area contributed by atoms with Gasteiger partial charge < -0.3 is 19.9 Å². The molecule has 0 aromatic carbocycles. The van der Waals surface area contributed by atoms with E-state index in [1.165, 1.54) is 0 Å². The lowest BCUT2D eigenvalue weighted by atomic mass is 10.3. The van der Waals surface area contributed by atoms with Crippen LogP contribution >= 0.6 is 24.0 Å². The first-order chi connectivity index (χ1) is 14.2. The van der Waals surface area contributed by atoms with Gasteiger partial charge in [-0.2, -0.15) is 0 Å². The third-order valence-electron chi connectivity index (χ3n) is 5.01. The van der Waals surface area contributed by atoms with E-state index in [4.69, 9.17) is 9.73 Å². The molecule has 3 rings (SSSR count). The van der Waals surface area contributed by atoms with Crippen LogP contribution in [0.3, 0.4) is 0 Å². The third-order valence-corrected chi connectivity index (χ3v) is 5.01. The van der Waals surface area contributed by atoms with Gasteiger partial charge in [-0.3, -0.25) is 9.88 Å². The topological polar surface area (TPSA) is 92.5 Å². The van der Waals surface area contributed by atoms with E-state index in [0.29, 0.717) is 6.54 Å². The fourth-order valence-corrected chi connectivity index (χ4v) is 3.10. The van der Waals surface area contributed by atoms with Crippen molar-refractivity contribution in [3.05, 3.63) is 41.7 Å². The normalized spacial score (nSPS) is 14.9. The van der Waals surface area contributed by atoms with Crippen molar-refractivity contribution in [2.75, 3.05) is 45.9 Å². The van der Waals surface area contributed by atoms with Gasteiger partial charge in [-0.05, 0) is 32.0 Å². The number of hydrogen-bond donors (Lipinski definition) is 2. The molecule has 0 spiro atoms. The van der Waals surface area contributed by atoms with Crippen molar-refractivity contribution in [2.24, 2.45) is 12.0 Å². The summed E-state index contributed by atoms with van der Waals surface area (Å²) >= 11 is 0. The van der Waals surface area contributed by atoms with Gasteiger partial charge in [-0.15, -0.1) is 34.2 Å². The molecule has 2 N–H and O–H groups in total. The van der Waals surface area contributed by atoms with E-state index in [-0.39, 0.29) is 24.0 Å². The molecule has 1 saturated heterocycles. The predicted molar refractivity (Wildman–Crippen MR) is 128 cm³/mol. The van der Waals surface area contributed by atoms with Gasteiger partial charge in [-0.1, -0.05) is 6.07 Å². The molecule has 0 bridgehead atoms. The van der Waals surface area contributed by atoms with Crippen LogP contribution in [0.5, 0.6) is 0 Å². The lowest BCUT2D eigenvalue weighted by Crippen LogP contribution is -2.41. The number of aromatic nitrogens is 4. The summed E-state index contributed by atoms with van der Waals surface area (Å²) in [6.07, 6.45) is 3.73. The zero-order valence-electron chi connectivity index (χ0n) is 17.9. The van der Waals surface area contributed by atoms with Crippen molar-refractivity contribution < 1.29 is 4.74 Å². The van der Waals surface area contributed by atoms with Gasteiger partial charge in [0.25, 0.3) is 0 Å². The first-order valence-electron chi connectivity index (χ1n) is 10.3. The lowest BCUT2D eigenvalue weighted by molar-refractivity contribution is 0.0376. The van der Waals surface area contributed by atoms with Crippen molar-refractivity contribution >= 4 is 29.9 Å². The predicted octanol–water partition coefficient (Wildman–Crippen LogP) is 1.14. The highest BCUT2D eigenvalue weighted by Gasteiger charge is 2.10. The fourth-order valence-electron chi connectivity index (χ4n) is 3.10. The van der Waals surface area contributed by atoms with Crippen molar-refractivity contribution in [3.8, 4) is 0 Å².